The number of primary amides is 1. The van der Waals surface area contributed by atoms with Gasteiger partial charge < -0.3 is 10.3 Å². The number of nitrogens with zero attached hydrogens (tertiary/aromatic N) is 1. The molecule has 0 aliphatic rings. The summed E-state index contributed by atoms with van der Waals surface area (Å²) in [5.74, 6) is -0.504. The van der Waals surface area contributed by atoms with E-state index >= 15 is 0 Å². The summed E-state index contributed by atoms with van der Waals surface area (Å²) in [5.41, 5.74) is 6.69. The smallest absolute Gasteiger partial charge is 0.253 e. The number of amides is 1. The highest BCUT2D eigenvalue weighted by atomic mass is 16.1. The van der Waals surface area contributed by atoms with Gasteiger partial charge in [-0.05, 0) is 19.4 Å². The topological polar surface area (TPSA) is 65.1 Å². The Bertz CT molecular complexity index is 418. The summed E-state index contributed by atoms with van der Waals surface area (Å²) in [6.45, 7) is 3.40. The van der Waals surface area contributed by atoms with Gasteiger partial charge in [0.05, 0.1) is 5.56 Å². The third kappa shape index (κ3) is 1.47. The molecule has 0 spiro atoms. The second-order valence-electron chi connectivity index (χ2n) is 3.07. The molecule has 0 atom stereocenters. The molecular formula is C9H12N2O2. The van der Waals surface area contributed by atoms with E-state index in [9.17, 15) is 9.59 Å². The van der Waals surface area contributed by atoms with Gasteiger partial charge in [-0.25, -0.2) is 0 Å². The third-order valence-corrected chi connectivity index (χ3v) is 2.20. The van der Waals surface area contributed by atoms with E-state index in [1.54, 1.807) is 20.9 Å². The molecule has 70 valence electrons. The molecule has 4 nitrogen and oxygen atoms in total. The number of hydrogen-bond acceptors (Lipinski definition) is 2. The van der Waals surface area contributed by atoms with E-state index in [1.165, 1.54) is 10.8 Å². The van der Waals surface area contributed by atoms with Crippen LogP contribution in [0.5, 0.6) is 0 Å². The predicted molar refractivity (Wildman–Crippen MR) is 49.7 cm³/mol. The van der Waals surface area contributed by atoms with Gasteiger partial charge >= 0.3 is 0 Å². The minimum atomic E-state index is -0.504. The minimum absolute atomic E-state index is 0.0949. The van der Waals surface area contributed by atoms with Gasteiger partial charge in [-0.2, -0.15) is 0 Å². The SMILES string of the molecule is Cc1c(C(N)=O)cn(C)c(=O)c1C. The van der Waals surface area contributed by atoms with Gasteiger partial charge in [0.2, 0.25) is 5.91 Å². The summed E-state index contributed by atoms with van der Waals surface area (Å²) in [6.07, 6.45) is 1.47. The highest BCUT2D eigenvalue weighted by Crippen LogP contribution is 2.07. The molecule has 0 fully saturated rings. The Morgan fingerprint density at radius 1 is 1.38 bits per heavy atom. The largest absolute Gasteiger partial charge is 0.366 e. The quantitative estimate of drug-likeness (QED) is 0.666. The molecule has 0 aliphatic carbocycles. The molecule has 0 saturated carbocycles. The first-order valence-electron chi connectivity index (χ1n) is 3.91. The lowest BCUT2D eigenvalue weighted by Gasteiger charge is -2.07. The highest BCUT2D eigenvalue weighted by molar-refractivity contribution is 5.94. The van der Waals surface area contributed by atoms with Crippen LogP contribution in [0, 0.1) is 13.8 Å². The number of aromatic nitrogens is 1. The Morgan fingerprint density at radius 3 is 2.38 bits per heavy atom. The van der Waals surface area contributed by atoms with Crippen LogP contribution >= 0.6 is 0 Å². The number of carbonyl (C=O) groups excluding carboxylic acids is 1. The molecule has 1 aromatic rings. The number of rotatable bonds is 1. The fourth-order valence-corrected chi connectivity index (χ4v) is 1.22. The standard InChI is InChI=1S/C9H12N2O2/c1-5-6(2)9(13)11(3)4-7(5)8(10)12/h4H,1-3H3,(H2,10,12). The lowest BCUT2D eigenvalue weighted by molar-refractivity contribution is 0.0999. The minimum Gasteiger partial charge on any atom is -0.366 e. The van der Waals surface area contributed by atoms with Crippen molar-refractivity contribution in [2.45, 2.75) is 13.8 Å². The van der Waals surface area contributed by atoms with Crippen LogP contribution in [0.25, 0.3) is 0 Å². The molecule has 1 rings (SSSR count). The maximum absolute atomic E-state index is 11.4. The van der Waals surface area contributed by atoms with E-state index in [-0.39, 0.29) is 5.56 Å². The Kier molecular flexibility index (Phi) is 2.23. The summed E-state index contributed by atoms with van der Waals surface area (Å²) in [7, 11) is 1.60. The van der Waals surface area contributed by atoms with Gasteiger partial charge in [-0.3, -0.25) is 9.59 Å². The normalized spacial score (nSPS) is 10.1. The van der Waals surface area contributed by atoms with E-state index < -0.39 is 5.91 Å². The first-order valence-corrected chi connectivity index (χ1v) is 3.91. The zero-order chi connectivity index (χ0) is 10.2. The summed E-state index contributed by atoms with van der Waals surface area (Å²) in [4.78, 5) is 22.3. The molecule has 1 amide bonds. The molecular weight excluding hydrogens is 168 g/mol. The van der Waals surface area contributed by atoms with Crippen molar-refractivity contribution in [1.82, 2.24) is 4.57 Å². The molecule has 0 unspecified atom stereocenters. The maximum Gasteiger partial charge on any atom is 0.253 e. The third-order valence-electron chi connectivity index (χ3n) is 2.20. The van der Waals surface area contributed by atoms with Gasteiger partial charge in [0.15, 0.2) is 0 Å². The number of carbonyl (C=O) groups is 1. The van der Waals surface area contributed by atoms with Crippen LogP contribution < -0.4 is 11.3 Å². The monoisotopic (exact) mass is 180 g/mol. The van der Waals surface area contributed by atoms with Gasteiger partial charge in [0.25, 0.3) is 5.56 Å². The fourth-order valence-electron chi connectivity index (χ4n) is 1.22. The summed E-state index contributed by atoms with van der Waals surface area (Å²) in [6, 6.07) is 0. The Hall–Kier alpha value is -1.58. The number of hydrogen-bond donors (Lipinski definition) is 1. The van der Waals surface area contributed by atoms with E-state index in [2.05, 4.69) is 0 Å². The Labute approximate surface area is 76.0 Å². The van der Waals surface area contributed by atoms with Crippen LogP contribution in [0.4, 0.5) is 0 Å². The zero-order valence-electron chi connectivity index (χ0n) is 7.92. The van der Waals surface area contributed by atoms with Crippen LogP contribution in [-0.4, -0.2) is 10.5 Å². The summed E-state index contributed by atoms with van der Waals surface area (Å²) in [5, 5.41) is 0. The summed E-state index contributed by atoms with van der Waals surface area (Å²) >= 11 is 0. The molecule has 4 heteroatoms. The first-order chi connectivity index (χ1) is 5.95. The van der Waals surface area contributed by atoms with Crippen molar-refractivity contribution >= 4 is 5.91 Å². The maximum atomic E-state index is 11.4. The lowest BCUT2D eigenvalue weighted by Crippen LogP contribution is -2.25. The van der Waals surface area contributed by atoms with Crippen LogP contribution in [0.3, 0.4) is 0 Å². The number of nitrogens with two attached hydrogens (primary N) is 1. The second-order valence-corrected chi connectivity index (χ2v) is 3.07. The van der Waals surface area contributed by atoms with Crippen LogP contribution in [0.1, 0.15) is 21.5 Å². The zero-order valence-corrected chi connectivity index (χ0v) is 7.92. The number of aryl methyl sites for hydroxylation is 1. The fraction of sp³-hybridized carbons (Fsp3) is 0.333. The van der Waals surface area contributed by atoms with Crippen molar-refractivity contribution in [2.24, 2.45) is 12.8 Å². The Balaban J connectivity index is 3.60. The van der Waals surface area contributed by atoms with Crippen molar-refractivity contribution in [3.8, 4) is 0 Å². The van der Waals surface area contributed by atoms with Crippen LogP contribution in [0.15, 0.2) is 11.0 Å². The van der Waals surface area contributed by atoms with Gasteiger partial charge in [0.1, 0.15) is 0 Å². The van der Waals surface area contributed by atoms with Crippen molar-refractivity contribution in [3.63, 3.8) is 0 Å². The highest BCUT2D eigenvalue weighted by Gasteiger charge is 2.10. The second kappa shape index (κ2) is 3.05. The first kappa shape index (κ1) is 9.51. The summed E-state index contributed by atoms with van der Waals surface area (Å²) < 4.78 is 1.36. The molecule has 0 aromatic carbocycles. The number of pyridine rings is 1. The van der Waals surface area contributed by atoms with Gasteiger partial charge in [0, 0.05) is 18.8 Å². The molecule has 1 aromatic heterocycles. The van der Waals surface area contributed by atoms with E-state index in [0.29, 0.717) is 16.7 Å². The molecule has 0 aliphatic heterocycles. The average Bonchev–Trinajstić information content (AvgIpc) is 2.07. The van der Waals surface area contributed by atoms with Crippen molar-refractivity contribution < 1.29 is 4.79 Å². The van der Waals surface area contributed by atoms with Gasteiger partial charge in [-0.15, -0.1) is 0 Å². The average molecular weight is 180 g/mol. The molecule has 0 saturated heterocycles. The molecule has 0 bridgehead atoms. The van der Waals surface area contributed by atoms with E-state index in [1.807, 2.05) is 0 Å². The van der Waals surface area contributed by atoms with Gasteiger partial charge in [-0.1, -0.05) is 0 Å². The van der Waals surface area contributed by atoms with Crippen LogP contribution in [-0.2, 0) is 7.05 Å². The van der Waals surface area contributed by atoms with E-state index in [4.69, 9.17) is 5.73 Å². The molecule has 1 heterocycles. The van der Waals surface area contributed by atoms with E-state index in [0.717, 1.165) is 0 Å². The van der Waals surface area contributed by atoms with Crippen molar-refractivity contribution in [2.75, 3.05) is 0 Å². The lowest BCUT2D eigenvalue weighted by atomic mass is 10.1. The molecule has 0 radical (unpaired) electrons. The predicted octanol–water partition coefficient (Wildman–Crippen LogP) is 0.101. The Morgan fingerprint density at radius 2 is 1.92 bits per heavy atom. The molecule has 2 N–H and O–H groups in total. The van der Waals surface area contributed by atoms with Crippen molar-refractivity contribution in [3.05, 3.63) is 33.2 Å². The van der Waals surface area contributed by atoms with Crippen LogP contribution in [0.2, 0.25) is 0 Å². The van der Waals surface area contributed by atoms with Crippen molar-refractivity contribution in [1.29, 1.82) is 0 Å². The molecule has 13 heavy (non-hydrogen) atoms.